The van der Waals surface area contributed by atoms with Gasteiger partial charge in [-0.15, -0.1) is 0 Å². The number of methoxy groups -OCH3 is 1. The maximum atomic E-state index is 11.4. The van der Waals surface area contributed by atoms with Crippen molar-refractivity contribution >= 4 is 17.6 Å². The molecule has 0 fully saturated rings. The first-order chi connectivity index (χ1) is 9.62. The summed E-state index contributed by atoms with van der Waals surface area (Å²) in [4.78, 5) is 18.1. The van der Waals surface area contributed by atoms with Crippen LogP contribution in [0.4, 0.5) is 5.82 Å². The second-order valence-corrected chi connectivity index (χ2v) is 5.28. The monoisotopic (exact) mass is 292 g/mol. The highest BCUT2D eigenvalue weighted by Crippen LogP contribution is 2.32. The third-order valence-electron chi connectivity index (χ3n) is 2.70. The Hall–Kier alpha value is -1.99. The molecule has 1 atom stereocenters. The molecule has 0 saturated heterocycles. The summed E-state index contributed by atoms with van der Waals surface area (Å²) in [6.07, 6.45) is 0. The smallest absolute Gasteiger partial charge is 0.253 e. The van der Waals surface area contributed by atoms with Crippen LogP contribution >= 0.6 is 11.8 Å². The Morgan fingerprint density at radius 2 is 2.10 bits per heavy atom. The molecule has 106 valence electrons. The first-order valence-electron chi connectivity index (χ1n) is 6.00. The third kappa shape index (κ3) is 3.52. The Bertz CT molecular complexity index is 627. The molecule has 0 aliphatic carbocycles. The number of nitrogen functional groups attached to an aromatic ring is 1. The summed E-state index contributed by atoms with van der Waals surface area (Å²) in [7, 11) is 1.62. The maximum Gasteiger partial charge on any atom is 0.253 e. The summed E-state index contributed by atoms with van der Waals surface area (Å²) >= 11 is 1.37. The zero-order chi connectivity index (χ0) is 14.5. The van der Waals surface area contributed by atoms with Crippen LogP contribution in [0.2, 0.25) is 0 Å². The lowest BCUT2D eigenvalue weighted by molar-refractivity contribution is 0.414. The standard InChI is InChI=1S/C13H16N4O2S/c1-19-9-4-2-8(3-5-9)10(7-14)20-13-16-11(15)6-12(18)17-13/h2-6,10H,7,14H2,1H3,(H3,15,16,17,18). The van der Waals surface area contributed by atoms with E-state index < -0.39 is 0 Å². The highest BCUT2D eigenvalue weighted by atomic mass is 32.2. The number of aromatic nitrogens is 2. The zero-order valence-corrected chi connectivity index (χ0v) is 11.8. The molecule has 7 heteroatoms. The van der Waals surface area contributed by atoms with E-state index in [0.717, 1.165) is 11.3 Å². The Morgan fingerprint density at radius 3 is 2.65 bits per heavy atom. The lowest BCUT2D eigenvalue weighted by Gasteiger charge is -2.14. The molecule has 0 bridgehead atoms. The molecule has 20 heavy (non-hydrogen) atoms. The van der Waals surface area contributed by atoms with Crippen LogP contribution < -0.4 is 21.8 Å². The Balaban J connectivity index is 2.21. The summed E-state index contributed by atoms with van der Waals surface area (Å²) in [5.41, 5.74) is 12.1. The largest absolute Gasteiger partial charge is 0.497 e. The average Bonchev–Trinajstić information content (AvgIpc) is 2.44. The molecule has 2 rings (SSSR count). The number of rotatable bonds is 5. The van der Waals surface area contributed by atoms with E-state index in [0.29, 0.717) is 11.7 Å². The fourth-order valence-electron chi connectivity index (χ4n) is 1.71. The minimum atomic E-state index is -0.273. The molecule has 1 aromatic carbocycles. The van der Waals surface area contributed by atoms with E-state index in [2.05, 4.69) is 9.97 Å². The quantitative estimate of drug-likeness (QED) is 0.564. The van der Waals surface area contributed by atoms with Crippen LogP contribution in [0.1, 0.15) is 10.8 Å². The van der Waals surface area contributed by atoms with Gasteiger partial charge in [-0.25, -0.2) is 4.98 Å². The van der Waals surface area contributed by atoms with E-state index in [1.807, 2.05) is 24.3 Å². The molecule has 1 unspecified atom stereocenters. The summed E-state index contributed by atoms with van der Waals surface area (Å²) < 4.78 is 5.12. The molecule has 0 aliphatic heterocycles. The van der Waals surface area contributed by atoms with Crippen LogP contribution in [0, 0.1) is 0 Å². The first kappa shape index (κ1) is 14.4. The molecule has 5 N–H and O–H groups in total. The number of nitrogens with zero attached hydrogens (tertiary/aromatic N) is 1. The van der Waals surface area contributed by atoms with Crippen molar-refractivity contribution < 1.29 is 4.74 Å². The van der Waals surface area contributed by atoms with Crippen LogP contribution in [0.25, 0.3) is 0 Å². The highest BCUT2D eigenvalue weighted by Gasteiger charge is 2.13. The molecule has 0 amide bonds. The predicted octanol–water partition coefficient (Wildman–Crippen LogP) is 1.15. The minimum Gasteiger partial charge on any atom is -0.497 e. The number of benzene rings is 1. The van der Waals surface area contributed by atoms with Gasteiger partial charge in [0.1, 0.15) is 11.6 Å². The average molecular weight is 292 g/mol. The number of nitrogens with two attached hydrogens (primary N) is 2. The molecular weight excluding hydrogens is 276 g/mol. The van der Waals surface area contributed by atoms with Gasteiger partial charge in [-0.2, -0.15) is 0 Å². The number of thioether (sulfide) groups is 1. The van der Waals surface area contributed by atoms with Gasteiger partial charge >= 0.3 is 0 Å². The molecule has 6 nitrogen and oxygen atoms in total. The SMILES string of the molecule is COc1ccc(C(CN)Sc2nc(N)cc(=O)[nH]2)cc1. The number of H-pyrrole nitrogens is 1. The van der Waals surface area contributed by atoms with E-state index in [-0.39, 0.29) is 16.6 Å². The molecule has 0 aliphatic rings. The maximum absolute atomic E-state index is 11.4. The third-order valence-corrected chi connectivity index (χ3v) is 3.86. The number of anilines is 1. The number of hydrogen-bond donors (Lipinski definition) is 3. The van der Waals surface area contributed by atoms with Gasteiger partial charge in [0.2, 0.25) is 0 Å². The van der Waals surface area contributed by atoms with E-state index >= 15 is 0 Å². The van der Waals surface area contributed by atoms with Gasteiger partial charge in [0.05, 0.1) is 7.11 Å². The summed E-state index contributed by atoms with van der Waals surface area (Å²) in [6.45, 7) is 0.412. The number of hydrogen-bond acceptors (Lipinski definition) is 6. The van der Waals surface area contributed by atoms with Crippen LogP contribution in [0.5, 0.6) is 5.75 Å². The Kier molecular flexibility index (Phi) is 4.65. The topological polar surface area (TPSA) is 107 Å². The number of nitrogens with one attached hydrogen (secondary N) is 1. The van der Waals surface area contributed by atoms with Crippen molar-refractivity contribution in [2.24, 2.45) is 5.73 Å². The van der Waals surface area contributed by atoms with Gasteiger partial charge in [-0.05, 0) is 17.7 Å². The summed E-state index contributed by atoms with van der Waals surface area (Å²) in [5.74, 6) is 0.978. The van der Waals surface area contributed by atoms with E-state index in [4.69, 9.17) is 16.2 Å². The normalized spacial score (nSPS) is 12.1. The molecule has 0 spiro atoms. The van der Waals surface area contributed by atoms with Crippen molar-refractivity contribution in [3.63, 3.8) is 0 Å². The van der Waals surface area contributed by atoms with E-state index in [1.54, 1.807) is 7.11 Å². The zero-order valence-electron chi connectivity index (χ0n) is 11.0. The number of ether oxygens (including phenoxy) is 1. The highest BCUT2D eigenvalue weighted by molar-refractivity contribution is 7.99. The lowest BCUT2D eigenvalue weighted by atomic mass is 10.1. The summed E-state index contributed by atoms with van der Waals surface area (Å²) in [5, 5.41) is 0.437. The van der Waals surface area contributed by atoms with Gasteiger partial charge in [0.15, 0.2) is 5.16 Å². The molecule has 1 heterocycles. The molecule has 1 aromatic heterocycles. The Labute approximate surface area is 120 Å². The van der Waals surface area contributed by atoms with Crippen molar-refractivity contribution in [3.05, 3.63) is 46.2 Å². The van der Waals surface area contributed by atoms with E-state index in [9.17, 15) is 4.79 Å². The molecular formula is C13H16N4O2S. The molecule has 2 aromatic rings. The van der Waals surface area contributed by atoms with E-state index in [1.165, 1.54) is 17.8 Å². The second-order valence-electron chi connectivity index (χ2n) is 4.09. The van der Waals surface area contributed by atoms with Crippen molar-refractivity contribution in [1.82, 2.24) is 9.97 Å². The fraction of sp³-hybridized carbons (Fsp3) is 0.231. The summed E-state index contributed by atoms with van der Waals surface area (Å²) in [6, 6.07) is 8.86. The Morgan fingerprint density at radius 1 is 1.40 bits per heavy atom. The van der Waals surface area contributed by atoms with Crippen LogP contribution in [-0.4, -0.2) is 23.6 Å². The van der Waals surface area contributed by atoms with Crippen LogP contribution in [0.15, 0.2) is 40.3 Å². The second kappa shape index (κ2) is 6.44. The van der Waals surface area contributed by atoms with Crippen molar-refractivity contribution in [2.75, 3.05) is 19.4 Å². The van der Waals surface area contributed by atoms with Crippen molar-refractivity contribution in [2.45, 2.75) is 10.4 Å². The fourth-order valence-corrected chi connectivity index (χ4v) is 2.69. The van der Waals surface area contributed by atoms with Crippen LogP contribution in [-0.2, 0) is 0 Å². The molecule has 0 saturated carbocycles. The van der Waals surface area contributed by atoms with Gasteiger partial charge in [-0.1, -0.05) is 23.9 Å². The number of aromatic amines is 1. The van der Waals surface area contributed by atoms with Crippen LogP contribution in [0.3, 0.4) is 0 Å². The first-order valence-corrected chi connectivity index (χ1v) is 6.88. The van der Waals surface area contributed by atoms with Gasteiger partial charge in [-0.3, -0.25) is 4.79 Å². The van der Waals surface area contributed by atoms with Gasteiger partial charge < -0.3 is 21.2 Å². The van der Waals surface area contributed by atoms with Gasteiger partial charge in [0, 0.05) is 17.9 Å². The van der Waals surface area contributed by atoms with Crippen molar-refractivity contribution in [3.8, 4) is 5.75 Å². The lowest BCUT2D eigenvalue weighted by Crippen LogP contribution is -2.13. The van der Waals surface area contributed by atoms with Crippen molar-refractivity contribution in [1.29, 1.82) is 0 Å². The minimum absolute atomic E-state index is 0.0224. The predicted molar refractivity (Wildman–Crippen MR) is 79.9 cm³/mol. The van der Waals surface area contributed by atoms with Gasteiger partial charge in [0.25, 0.3) is 5.56 Å². The molecule has 0 radical (unpaired) electrons.